The Morgan fingerprint density at radius 2 is 1.91 bits per heavy atom. The van der Waals surface area contributed by atoms with E-state index >= 15 is 0 Å². The molecule has 0 unspecified atom stereocenters. The topological polar surface area (TPSA) is 131 Å². The highest BCUT2D eigenvalue weighted by Crippen LogP contribution is 2.30. The lowest BCUT2D eigenvalue weighted by Crippen LogP contribution is -2.27. The van der Waals surface area contributed by atoms with E-state index in [2.05, 4.69) is 10.3 Å². The smallest absolute Gasteiger partial charge is 0.261 e. The van der Waals surface area contributed by atoms with Gasteiger partial charge in [-0.05, 0) is 49.1 Å². The molecular formula is C25H29N5O4. The van der Waals surface area contributed by atoms with E-state index in [0.717, 1.165) is 12.8 Å². The van der Waals surface area contributed by atoms with Gasteiger partial charge in [-0.3, -0.25) is 19.7 Å². The highest BCUT2D eigenvalue weighted by molar-refractivity contribution is 6.06. The number of fused-ring (bicyclic) bond motifs is 1. The summed E-state index contributed by atoms with van der Waals surface area (Å²) in [6, 6.07) is 11.6. The van der Waals surface area contributed by atoms with E-state index in [1.54, 1.807) is 34.7 Å². The van der Waals surface area contributed by atoms with Gasteiger partial charge in [-0.1, -0.05) is 25.0 Å². The number of carbonyl (C=O) groups excluding carboxylic acids is 3. The van der Waals surface area contributed by atoms with Gasteiger partial charge in [-0.2, -0.15) is 0 Å². The molecule has 1 fully saturated rings. The van der Waals surface area contributed by atoms with E-state index in [1.807, 2.05) is 12.1 Å². The monoisotopic (exact) mass is 463 g/mol. The van der Waals surface area contributed by atoms with Crippen molar-refractivity contribution in [1.82, 2.24) is 9.55 Å². The summed E-state index contributed by atoms with van der Waals surface area (Å²) in [5.74, 6) is -0.423. The van der Waals surface area contributed by atoms with Crippen LogP contribution in [0, 0.1) is 5.92 Å². The maximum atomic E-state index is 12.8. The van der Waals surface area contributed by atoms with E-state index in [4.69, 9.17) is 5.73 Å². The molecule has 1 heterocycles. The van der Waals surface area contributed by atoms with Gasteiger partial charge in [0.05, 0.1) is 16.6 Å². The Morgan fingerprint density at radius 1 is 1.18 bits per heavy atom. The normalized spacial score (nSPS) is 13.8. The van der Waals surface area contributed by atoms with Crippen LogP contribution in [-0.2, 0) is 16.1 Å². The largest absolute Gasteiger partial charge is 0.507 e. The molecule has 0 atom stereocenters. The summed E-state index contributed by atoms with van der Waals surface area (Å²) in [6.45, 7) is 0.220. The number of para-hydroxylation sites is 1. The number of primary amides is 1. The van der Waals surface area contributed by atoms with Crippen LogP contribution in [0.3, 0.4) is 0 Å². The molecule has 3 amide bonds. The van der Waals surface area contributed by atoms with Gasteiger partial charge in [0.1, 0.15) is 5.75 Å². The Morgan fingerprint density at radius 3 is 2.62 bits per heavy atom. The van der Waals surface area contributed by atoms with E-state index in [0.29, 0.717) is 29.1 Å². The molecular weight excluding hydrogens is 434 g/mol. The van der Waals surface area contributed by atoms with Crippen molar-refractivity contribution < 1.29 is 19.5 Å². The van der Waals surface area contributed by atoms with Crippen LogP contribution in [-0.4, -0.2) is 39.4 Å². The summed E-state index contributed by atoms with van der Waals surface area (Å²) in [5, 5.41) is 12.7. The predicted octanol–water partition coefficient (Wildman–Crippen LogP) is 3.41. The van der Waals surface area contributed by atoms with Crippen LogP contribution in [0.1, 0.15) is 48.9 Å². The second-order valence-corrected chi connectivity index (χ2v) is 8.76. The van der Waals surface area contributed by atoms with Crippen LogP contribution in [0.5, 0.6) is 5.75 Å². The first-order valence-corrected chi connectivity index (χ1v) is 11.5. The van der Waals surface area contributed by atoms with E-state index in [1.165, 1.54) is 25.0 Å². The average molecular weight is 464 g/mol. The number of nitrogens with two attached hydrogens (primary N) is 1. The minimum atomic E-state index is -0.530. The maximum absolute atomic E-state index is 12.8. The summed E-state index contributed by atoms with van der Waals surface area (Å²) in [6.07, 6.45) is 5.17. The number of benzene rings is 2. The van der Waals surface area contributed by atoms with E-state index in [-0.39, 0.29) is 36.1 Å². The zero-order valence-corrected chi connectivity index (χ0v) is 19.2. The molecule has 0 radical (unpaired) electrons. The van der Waals surface area contributed by atoms with Gasteiger partial charge in [0.2, 0.25) is 17.8 Å². The number of anilines is 2. The molecule has 2 aromatic carbocycles. The number of aromatic hydroxyl groups is 1. The van der Waals surface area contributed by atoms with Crippen molar-refractivity contribution >= 4 is 40.4 Å². The molecule has 9 nitrogen and oxygen atoms in total. The fourth-order valence-corrected chi connectivity index (χ4v) is 4.45. The molecule has 0 aliphatic heterocycles. The number of rotatable bonds is 8. The Hall–Kier alpha value is -3.88. The second-order valence-electron chi connectivity index (χ2n) is 8.76. The zero-order valence-electron chi connectivity index (χ0n) is 19.2. The van der Waals surface area contributed by atoms with Gasteiger partial charge in [0.25, 0.3) is 5.91 Å². The minimum Gasteiger partial charge on any atom is -0.507 e. The molecule has 9 heteroatoms. The summed E-state index contributed by atoms with van der Waals surface area (Å²) >= 11 is 0. The molecule has 1 aliphatic carbocycles. The summed E-state index contributed by atoms with van der Waals surface area (Å²) in [5.41, 5.74) is 7.40. The Kier molecular flexibility index (Phi) is 6.81. The number of nitrogens with zero attached hydrogens (tertiary/aromatic N) is 3. The molecule has 1 aliphatic rings. The molecule has 0 bridgehead atoms. The lowest BCUT2D eigenvalue weighted by atomic mass is 10.0. The molecule has 0 saturated heterocycles. The molecule has 178 valence electrons. The van der Waals surface area contributed by atoms with Gasteiger partial charge in [0.15, 0.2) is 0 Å². The van der Waals surface area contributed by atoms with Crippen LogP contribution in [0.15, 0.2) is 42.5 Å². The Bertz CT molecular complexity index is 1230. The van der Waals surface area contributed by atoms with E-state index < -0.39 is 11.8 Å². The average Bonchev–Trinajstić information content (AvgIpc) is 3.44. The number of amides is 3. The van der Waals surface area contributed by atoms with E-state index in [9.17, 15) is 19.5 Å². The molecule has 1 saturated carbocycles. The van der Waals surface area contributed by atoms with Gasteiger partial charge in [-0.15, -0.1) is 0 Å². The molecule has 4 N–H and O–H groups in total. The van der Waals surface area contributed by atoms with Crippen LogP contribution < -0.4 is 16.0 Å². The first kappa shape index (κ1) is 23.3. The highest BCUT2D eigenvalue weighted by Gasteiger charge is 2.22. The standard InChI is InChI=1S/C25H29N5O4/c1-29(23(33)14-16-6-2-3-7-16)17-10-11-20-19(15-17)27-25(30(20)13-12-22(26)32)28-24(34)18-8-4-5-9-21(18)31/h4-5,8-11,15-16,31H,2-3,6-7,12-14H2,1H3,(H2,26,32)(H,27,28,34). The maximum Gasteiger partial charge on any atom is 0.261 e. The lowest BCUT2D eigenvalue weighted by molar-refractivity contribution is -0.119. The lowest BCUT2D eigenvalue weighted by Gasteiger charge is -2.19. The summed E-state index contributed by atoms with van der Waals surface area (Å²) in [7, 11) is 1.75. The van der Waals surface area contributed by atoms with Crippen molar-refractivity contribution in [2.24, 2.45) is 11.7 Å². The van der Waals surface area contributed by atoms with Gasteiger partial charge in [-0.25, -0.2) is 4.98 Å². The second kappa shape index (κ2) is 9.94. The third-order valence-corrected chi connectivity index (χ3v) is 6.39. The van der Waals surface area contributed by atoms with Crippen molar-refractivity contribution in [1.29, 1.82) is 0 Å². The number of phenols is 1. The number of imidazole rings is 1. The number of hydrogen-bond acceptors (Lipinski definition) is 5. The van der Waals surface area contributed by atoms with Crippen LogP contribution in [0.25, 0.3) is 11.0 Å². The number of carbonyl (C=O) groups is 3. The van der Waals surface area contributed by atoms with Crippen molar-refractivity contribution in [3.8, 4) is 5.75 Å². The first-order valence-electron chi connectivity index (χ1n) is 11.5. The third kappa shape index (κ3) is 5.03. The number of aryl methyl sites for hydroxylation is 1. The molecule has 1 aromatic heterocycles. The number of hydrogen-bond donors (Lipinski definition) is 3. The number of phenolic OH excluding ortho intramolecular Hbond substituents is 1. The molecule has 34 heavy (non-hydrogen) atoms. The number of aromatic nitrogens is 2. The fourth-order valence-electron chi connectivity index (χ4n) is 4.45. The quantitative estimate of drug-likeness (QED) is 0.471. The van der Waals surface area contributed by atoms with Crippen LogP contribution in [0.4, 0.5) is 11.6 Å². The van der Waals surface area contributed by atoms with Gasteiger partial charge >= 0.3 is 0 Å². The predicted molar refractivity (Wildman–Crippen MR) is 130 cm³/mol. The Labute approximate surface area is 197 Å². The van der Waals surface area contributed by atoms with Crippen molar-refractivity contribution in [3.63, 3.8) is 0 Å². The molecule has 4 rings (SSSR count). The molecule has 0 spiro atoms. The summed E-state index contributed by atoms with van der Waals surface area (Å²) in [4.78, 5) is 43.2. The number of nitrogens with one attached hydrogen (secondary N) is 1. The van der Waals surface area contributed by atoms with Gasteiger partial charge in [0, 0.05) is 32.1 Å². The fraction of sp³-hybridized carbons (Fsp3) is 0.360. The minimum absolute atomic E-state index is 0.0620. The van der Waals surface area contributed by atoms with Crippen LogP contribution in [0.2, 0.25) is 0 Å². The van der Waals surface area contributed by atoms with Crippen molar-refractivity contribution in [2.75, 3.05) is 17.3 Å². The van der Waals surface area contributed by atoms with Gasteiger partial charge < -0.3 is 20.3 Å². The summed E-state index contributed by atoms with van der Waals surface area (Å²) < 4.78 is 1.70. The van der Waals surface area contributed by atoms with Crippen LogP contribution >= 0.6 is 0 Å². The first-order chi connectivity index (χ1) is 16.3. The van der Waals surface area contributed by atoms with Crippen molar-refractivity contribution in [2.45, 2.75) is 45.1 Å². The highest BCUT2D eigenvalue weighted by atomic mass is 16.3. The zero-order chi connectivity index (χ0) is 24.2. The molecule has 3 aromatic rings. The Balaban J connectivity index is 1.62. The SMILES string of the molecule is CN(C(=O)CC1CCCC1)c1ccc2c(c1)nc(NC(=O)c1ccccc1O)n2CCC(N)=O. The third-order valence-electron chi connectivity index (χ3n) is 6.39. The van der Waals surface area contributed by atoms with Crippen molar-refractivity contribution in [3.05, 3.63) is 48.0 Å².